The average Bonchev–Trinajstić information content (AvgIpc) is 2.71. The standard InChI is InChI=1S/C23H29N5/c1-18(2)28(17-21-8-6-5-7-9-21)23-16-22(25-19(3)26-23)27(4)15-12-20-10-13-24-14-11-20/h5-11,13-14,16,18H,12,15,17H2,1-4H3. The van der Waals surface area contributed by atoms with Crippen molar-refractivity contribution in [3.63, 3.8) is 0 Å². The molecule has 146 valence electrons. The van der Waals surface area contributed by atoms with Crippen molar-refractivity contribution in [3.8, 4) is 0 Å². The Hall–Kier alpha value is -2.95. The van der Waals surface area contributed by atoms with Gasteiger partial charge in [-0.25, -0.2) is 9.97 Å². The highest BCUT2D eigenvalue weighted by Crippen LogP contribution is 2.22. The molecule has 5 nitrogen and oxygen atoms in total. The highest BCUT2D eigenvalue weighted by atomic mass is 15.2. The van der Waals surface area contributed by atoms with E-state index in [9.17, 15) is 0 Å². The molecule has 0 aliphatic carbocycles. The lowest BCUT2D eigenvalue weighted by atomic mass is 10.2. The summed E-state index contributed by atoms with van der Waals surface area (Å²) in [5, 5.41) is 0. The van der Waals surface area contributed by atoms with Crippen LogP contribution in [0.1, 0.15) is 30.8 Å². The summed E-state index contributed by atoms with van der Waals surface area (Å²) in [7, 11) is 2.09. The molecule has 0 saturated heterocycles. The average molecular weight is 376 g/mol. The number of anilines is 2. The minimum atomic E-state index is 0.337. The van der Waals surface area contributed by atoms with Crippen LogP contribution >= 0.6 is 0 Å². The SMILES string of the molecule is Cc1nc(N(C)CCc2ccncc2)cc(N(Cc2ccccc2)C(C)C)n1. The van der Waals surface area contributed by atoms with E-state index >= 15 is 0 Å². The van der Waals surface area contributed by atoms with E-state index in [-0.39, 0.29) is 0 Å². The number of nitrogens with zero attached hydrogens (tertiary/aromatic N) is 5. The molecule has 0 atom stereocenters. The number of benzene rings is 1. The van der Waals surface area contributed by atoms with Crippen LogP contribution in [0, 0.1) is 6.92 Å². The summed E-state index contributed by atoms with van der Waals surface area (Å²) in [4.78, 5) is 18.0. The van der Waals surface area contributed by atoms with Gasteiger partial charge in [0.05, 0.1) is 0 Å². The zero-order valence-corrected chi connectivity index (χ0v) is 17.2. The molecule has 0 unspecified atom stereocenters. The van der Waals surface area contributed by atoms with Crippen molar-refractivity contribution >= 4 is 11.6 Å². The zero-order chi connectivity index (χ0) is 19.9. The van der Waals surface area contributed by atoms with E-state index in [1.807, 2.05) is 25.4 Å². The van der Waals surface area contributed by atoms with E-state index in [4.69, 9.17) is 4.98 Å². The van der Waals surface area contributed by atoms with Crippen LogP contribution < -0.4 is 9.80 Å². The topological polar surface area (TPSA) is 45.2 Å². The fraction of sp³-hybridized carbons (Fsp3) is 0.348. The molecule has 3 aromatic rings. The van der Waals surface area contributed by atoms with E-state index in [1.54, 1.807) is 0 Å². The van der Waals surface area contributed by atoms with Crippen molar-refractivity contribution in [2.24, 2.45) is 0 Å². The van der Waals surface area contributed by atoms with E-state index in [2.05, 4.69) is 83.1 Å². The number of hydrogen-bond acceptors (Lipinski definition) is 5. The first kappa shape index (κ1) is 19.8. The second-order valence-corrected chi connectivity index (χ2v) is 7.37. The third kappa shape index (κ3) is 5.28. The van der Waals surface area contributed by atoms with Gasteiger partial charge in [-0.05, 0) is 50.5 Å². The number of aryl methyl sites for hydroxylation is 1. The highest BCUT2D eigenvalue weighted by Gasteiger charge is 2.16. The molecule has 0 spiro atoms. The van der Waals surface area contributed by atoms with Crippen molar-refractivity contribution in [1.29, 1.82) is 0 Å². The first-order chi connectivity index (χ1) is 13.5. The van der Waals surface area contributed by atoms with Gasteiger partial charge < -0.3 is 9.80 Å². The van der Waals surface area contributed by atoms with E-state index < -0.39 is 0 Å². The predicted molar refractivity (Wildman–Crippen MR) is 116 cm³/mol. The van der Waals surface area contributed by atoms with E-state index in [0.717, 1.165) is 37.0 Å². The van der Waals surface area contributed by atoms with Crippen molar-refractivity contribution in [3.05, 3.63) is 77.9 Å². The molecule has 0 radical (unpaired) electrons. The molecule has 0 saturated carbocycles. The molecular weight excluding hydrogens is 346 g/mol. The Kier molecular flexibility index (Phi) is 6.58. The van der Waals surface area contributed by atoms with Gasteiger partial charge in [0, 0.05) is 44.6 Å². The lowest BCUT2D eigenvalue weighted by molar-refractivity contribution is 0.668. The summed E-state index contributed by atoms with van der Waals surface area (Å²) in [6.07, 6.45) is 4.63. The third-order valence-electron chi connectivity index (χ3n) is 4.80. The van der Waals surface area contributed by atoms with Crippen LogP contribution in [-0.2, 0) is 13.0 Å². The summed E-state index contributed by atoms with van der Waals surface area (Å²) >= 11 is 0. The number of aromatic nitrogens is 3. The number of rotatable bonds is 8. The van der Waals surface area contributed by atoms with Crippen LogP contribution in [0.4, 0.5) is 11.6 Å². The summed E-state index contributed by atoms with van der Waals surface area (Å²) in [5.41, 5.74) is 2.56. The maximum absolute atomic E-state index is 4.73. The Labute approximate surface area is 168 Å². The minimum absolute atomic E-state index is 0.337. The quantitative estimate of drug-likeness (QED) is 0.588. The summed E-state index contributed by atoms with van der Waals surface area (Å²) in [6.45, 7) is 8.08. The van der Waals surface area contributed by atoms with Crippen molar-refractivity contribution in [2.75, 3.05) is 23.4 Å². The van der Waals surface area contributed by atoms with Crippen LogP contribution in [0.5, 0.6) is 0 Å². The molecule has 2 heterocycles. The van der Waals surface area contributed by atoms with Gasteiger partial charge in [0.15, 0.2) is 0 Å². The normalized spacial score (nSPS) is 10.9. The molecule has 0 aliphatic heterocycles. The van der Waals surface area contributed by atoms with Crippen LogP contribution in [-0.4, -0.2) is 34.6 Å². The molecule has 0 aliphatic rings. The summed E-state index contributed by atoms with van der Waals surface area (Å²) in [5.74, 6) is 2.72. The number of pyridine rings is 1. The van der Waals surface area contributed by atoms with Crippen LogP contribution in [0.15, 0.2) is 60.9 Å². The molecule has 0 bridgehead atoms. The molecule has 1 aromatic carbocycles. The van der Waals surface area contributed by atoms with Crippen molar-refractivity contribution < 1.29 is 0 Å². The largest absolute Gasteiger partial charge is 0.359 e. The van der Waals surface area contributed by atoms with Crippen LogP contribution in [0.2, 0.25) is 0 Å². The van der Waals surface area contributed by atoms with Gasteiger partial charge in [-0.1, -0.05) is 30.3 Å². The Morgan fingerprint density at radius 2 is 1.57 bits per heavy atom. The Bertz CT molecular complexity index is 865. The maximum Gasteiger partial charge on any atom is 0.134 e. The lowest BCUT2D eigenvalue weighted by Crippen LogP contribution is -2.32. The summed E-state index contributed by atoms with van der Waals surface area (Å²) < 4.78 is 0. The first-order valence-electron chi connectivity index (χ1n) is 9.79. The summed E-state index contributed by atoms with van der Waals surface area (Å²) in [6, 6.07) is 17.1. The lowest BCUT2D eigenvalue weighted by Gasteiger charge is -2.29. The Morgan fingerprint density at radius 1 is 0.893 bits per heavy atom. The molecule has 0 N–H and O–H groups in total. The fourth-order valence-corrected chi connectivity index (χ4v) is 3.15. The van der Waals surface area contributed by atoms with Crippen molar-refractivity contribution in [1.82, 2.24) is 15.0 Å². The fourth-order valence-electron chi connectivity index (χ4n) is 3.15. The molecule has 3 rings (SSSR count). The second kappa shape index (κ2) is 9.31. The second-order valence-electron chi connectivity index (χ2n) is 7.37. The molecule has 2 aromatic heterocycles. The smallest absolute Gasteiger partial charge is 0.134 e. The Balaban J connectivity index is 1.78. The number of likely N-dealkylation sites (N-methyl/N-ethyl adjacent to an activating group) is 1. The van der Waals surface area contributed by atoms with Gasteiger partial charge in [0.2, 0.25) is 0 Å². The monoisotopic (exact) mass is 375 g/mol. The number of hydrogen-bond donors (Lipinski definition) is 0. The van der Waals surface area contributed by atoms with E-state index in [0.29, 0.717) is 6.04 Å². The van der Waals surface area contributed by atoms with Gasteiger partial charge in [0.1, 0.15) is 17.5 Å². The Morgan fingerprint density at radius 3 is 2.25 bits per heavy atom. The van der Waals surface area contributed by atoms with Crippen LogP contribution in [0.25, 0.3) is 0 Å². The highest BCUT2D eigenvalue weighted by molar-refractivity contribution is 5.51. The maximum atomic E-state index is 4.73. The molecule has 0 fully saturated rings. The van der Waals surface area contributed by atoms with Gasteiger partial charge in [0.25, 0.3) is 0 Å². The minimum Gasteiger partial charge on any atom is -0.359 e. The van der Waals surface area contributed by atoms with Gasteiger partial charge in [-0.2, -0.15) is 0 Å². The molecule has 0 amide bonds. The molecule has 28 heavy (non-hydrogen) atoms. The van der Waals surface area contributed by atoms with Gasteiger partial charge in [-0.3, -0.25) is 4.98 Å². The van der Waals surface area contributed by atoms with Gasteiger partial charge in [-0.15, -0.1) is 0 Å². The first-order valence-corrected chi connectivity index (χ1v) is 9.79. The predicted octanol–water partition coefficient (Wildman–Crippen LogP) is 4.27. The molecule has 5 heteroatoms. The zero-order valence-electron chi connectivity index (χ0n) is 17.2. The molecular formula is C23H29N5. The van der Waals surface area contributed by atoms with Crippen LogP contribution in [0.3, 0.4) is 0 Å². The van der Waals surface area contributed by atoms with Gasteiger partial charge >= 0.3 is 0 Å². The third-order valence-corrected chi connectivity index (χ3v) is 4.80. The van der Waals surface area contributed by atoms with E-state index in [1.165, 1.54) is 11.1 Å². The van der Waals surface area contributed by atoms with Crippen molar-refractivity contribution in [2.45, 2.75) is 39.8 Å².